The molecule has 0 saturated heterocycles. The van der Waals surface area contributed by atoms with Crippen molar-refractivity contribution in [1.82, 2.24) is 10.3 Å². The fourth-order valence-electron chi connectivity index (χ4n) is 2.93. The zero-order chi connectivity index (χ0) is 20.1. The van der Waals surface area contributed by atoms with Gasteiger partial charge in [-0.25, -0.2) is 0 Å². The highest BCUT2D eigenvalue weighted by molar-refractivity contribution is 5.92. The number of fused-ring (bicyclic) bond motifs is 1. The van der Waals surface area contributed by atoms with E-state index < -0.39 is 0 Å². The third kappa shape index (κ3) is 4.20. The lowest BCUT2D eigenvalue weighted by Crippen LogP contribution is -2.23. The van der Waals surface area contributed by atoms with E-state index in [0.29, 0.717) is 18.5 Å². The molecule has 1 heterocycles. The van der Waals surface area contributed by atoms with Crippen molar-refractivity contribution in [3.8, 4) is 23.0 Å². The number of H-pyrrole nitrogens is 1. The summed E-state index contributed by atoms with van der Waals surface area (Å²) in [5.41, 5.74) is 2.62. The number of rotatable bonds is 7. The number of aromatic hydroxyl groups is 2. The smallest absolute Gasteiger partial charge is 0.244 e. The van der Waals surface area contributed by atoms with Gasteiger partial charge >= 0.3 is 0 Å². The molecule has 0 saturated carbocycles. The van der Waals surface area contributed by atoms with Gasteiger partial charge in [0.05, 0.1) is 14.2 Å². The van der Waals surface area contributed by atoms with Gasteiger partial charge in [0.1, 0.15) is 5.75 Å². The van der Waals surface area contributed by atoms with E-state index in [-0.39, 0.29) is 28.9 Å². The van der Waals surface area contributed by atoms with E-state index in [0.717, 1.165) is 16.5 Å². The lowest BCUT2D eigenvalue weighted by molar-refractivity contribution is -0.116. The summed E-state index contributed by atoms with van der Waals surface area (Å²) in [6, 6.07) is 8.37. The fourth-order valence-corrected chi connectivity index (χ4v) is 2.93. The van der Waals surface area contributed by atoms with Gasteiger partial charge in [0.25, 0.3) is 0 Å². The number of carbonyl (C=O) groups excluding carboxylic acids is 1. The van der Waals surface area contributed by atoms with E-state index in [2.05, 4.69) is 10.3 Å². The molecule has 0 aliphatic heterocycles. The number of phenols is 2. The first-order valence-corrected chi connectivity index (χ1v) is 8.71. The number of carbonyl (C=O) groups is 1. The average Bonchev–Trinajstić information content (AvgIpc) is 3.09. The molecular weight excluding hydrogens is 360 g/mol. The Morgan fingerprint density at radius 1 is 1.14 bits per heavy atom. The number of hydrogen-bond donors (Lipinski definition) is 4. The van der Waals surface area contributed by atoms with Crippen LogP contribution in [-0.2, 0) is 11.2 Å². The normalized spacial score (nSPS) is 11.1. The first kappa shape index (κ1) is 19.2. The van der Waals surface area contributed by atoms with Crippen molar-refractivity contribution in [2.45, 2.75) is 6.42 Å². The maximum atomic E-state index is 12.1. The second-order valence-electron chi connectivity index (χ2n) is 6.19. The highest BCUT2D eigenvalue weighted by Gasteiger charge is 2.10. The minimum Gasteiger partial charge on any atom is -0.508 e. The van der Waals surface area contributed by atoms with Crippen LogP contribution in [0, 0.1) is 0 Å². The van der Waals surface area contributed by atoms with Crippen LogP contribution in [0.1, 0.15) is 11.1 Å². The molecule has 7 nitrogen and oxygen atoms in total. The second-order valence-corrected chi connectivity index (χ2v) is 6.19. The summed E-state index contributed by atoms with van der Waals surface area (Å²) in [6.45, 7) is 0.452. The Morgan fingerprint density at radius 2 is 1.86 bits per heavy atom. The van der Waals surface area contributed by atoms with Gasteiger partial charge in [0.15, 0.2) is 11.5 Å². The average molecular weight is 382 g/mol. The summed E-state index contributed by atoms with van der Waals surface area (Å²) in [5.74, 6) is 0.411. The summed E-state index contributed by atoms with van der Waals surface area (Å²) >= 11 is 0. The van der Waals surface area contributed by atoms with E-state index in [1.807, 2.05) is 12.3 Å². The van der Waals surface area contributed by atoms with Crippen molar-refractivity contribution >= 4 is 22.9 Å². The van der Waals surface area contributed by atoms with Gasteiger partial charge in [-0.05, 0) is 54.0 Å². The van der Waals surface area contributed by atoms with Gasteiger partial charge in [-0.3, -0.25) is 4.79 Å². The van der Waals surface area contributed by atoms with Crippen LogP contribution >= 0.6 is 0 Å². The monoisotopic (exact) mass is 382 g/mol. The summed E-state index contributed by atoms with van der Waals surface area (Å²) in [7, 11) is 2.89. The molecule has 0 radical (unpaired) electrons. The van der Waals surface area contributed by atoms with Crippen LogP contribution in [0.3, 0.4) is 0 Å². The number of aromatic amines is 1. The number of nitrogens with one attached hydrogen (secondary N) is 2. The molecular formula is C21H22N2O5. The Hall–Kier alpha value is -3.61. The zero-order valence-electron chi connectivity index (χ0n) is 15.7. The highest BCUT2D eigenvalue weighted by atomic mass is 16.5. The number of ether oxygens (including phenoxy) is 2. The number of aromatic nitrogens is 1. The Bertz CT molecular complexity index is 998. The Labute approximate surface area is 162 Å². The van der Waals surface area contributed by atoms with Crippen LogP contribution in [0.5, 0.6) is 23.0 Å². The molecule has 4 N–H and O–H groups in total. The second kappa shape index (κ2) is 8.39. The molecule has 3 rings (SSSR count). The number of hydrogen-bond acceptors (Lipinski definition) is 5. The largest absolute Gasteiger partial charge is 0.508 e. The summed E-state index contributed by atoms with van der Waals surface area (Å²) in [6.07, 6.45) is 5.53. The topological polar surface area (TPSA) is 104 Å². The van der Waals surface area contributed by atoms with Crippen molar-refractivity contribution in [2.24, 2.45) is 0 Å². The predicted molar refractivity (Wildman–Crippen MR) is 107 cm³/mol. The van der Waals surface area contributed by atoms with Gasteiger partial charge in [-0.1, -0.05) is 0 Å². The molecule has 0 spiro atoms. The third-order valence-electron chi connectivity index (χ3n) is 4.37. The molecule has 146 valence electrons. The molecule has 28 heavy (non-hydrogen) atoms. The molecule has 1 aromatic heterocycles. The maximum absolute atomic E-state index is 12.1. The molecule has 0 atom stereocenters. The van der Waals surface area contributed by atoms with Crippen LogP contribution in [0.4, 0.5) is 0 Å². The molecule has 0 fully saturated rings. The standard InChI is InChI=1S/C21H22N2O5/c1-27-18-9-13(10-19(28-2)21(18)26)3-6-20(25)22-8-7-14-12-23-17-5-4-15(24)11-16(14)17/h3-6,9-12,23-24,26H,7-8H2,1-2H3,(H,22,25). The molecule has 2 aromatic carbocycles. The summed E-state index contributed by atoms with van der Waals surface area (Å²) in [4.78, 5) is 15.2. The zero-order valence-corrected chi connectivity index (χ0v) is 15.7. The van der Waals surface area contributed by atoms with Gasteiger partial charge in [-0.2, -0.15) is 0 Å². The van der Waals surface area contributed by atoms with E-state index in [1.54, 1.807) is 30.3 Å². The van der Waals surface area contributed by atoms with E-state index in [1.165, 1.54) is 20.3 Å². The molecule has 3 aromatic rings. The number of phenolic OH excluding ortho intramolecular Hbond substituents is 2. The highest BCUT2D eigenvalue weighted by Crippen LogP contribution is 2.37. The van der Waals surface area contributed by atoms with Crippen LogP contribution in [-0.4, -0.2) is 41.9 Å². The Morgan fingerprint density at radius 3 is 2.54 bits per heavy atom. The minimum absolute atomic E-state index is 0.0867. The molecule has 1 amide bonds. The van der Waals surface area contributed by atoms with E-state index in [4.69, 9.17) is 9.47 Å². The Balaban J connectivity index is 1.60. The van der Waals surface area contributed by atoms with Gasteiger partial charge in [-0.15, -0.1) is 0 Å². The molecule has 0 bridgehead atoms. The molecule has 7 heteroatoms. The number of benzene rings is 2. The lowest BCUT2D eigenvalue weighted by Gasteiger charge is -2.09. The summed E-state index contributed by atoms with van der Waals surface area (Å²) < 4.78 is 10.2. The maximum Gasteiger partial charge on any atom is 0.244 e. The lowest BCUT2D eigenvalue weighted by atomic mass is 10.1. The summed E-state index contributed by atoms with van der Waals surface area (Å²) in [5, 5.41) is 23.3. The number of amides is 1. The van der Waals surface area contributed by atoms with Crippen molar-refractivity contribution in [3.63, 3.8) is 0 Å². The molecule has 0 aliphatic carbocycles. The predicted octanol–water partition coefficient (Wildman–Crippen LogP) is 2.97. The van der Waals surface area contributed by atoms with E-state index >= 15 is 0 Å². The fraction of sp³-hybridized carbons (Fsp3) is 0.190. The molecule has 0 unspecified atom stereocenters. The Kier molecular flexibility index (Phi) is 5.74. The van der Waals surface area contributed by atoms with Crippen molar-refractivity contribution in [1.29, 1.82) is 0 Å². The van der Waals surface area contributed by atoms with Crippen LogP contribution in [0.2, 0.25) is 0 Å². The third-order valence-corrected chi connectivity index (χ3v) is 4.37. The number of methoxy groups -OCH3 is 2. The first-order chi connectivity index (χ1) is 13.5. The quantitative estimate of drug-likeness (QED) is 0.471. The molecule has 0 aliphatic rings. The van der Waals surface area contributed by atoms with Gasteiger partial charge in [0.2, 0.25) is 11.7 Å². The van der Waals surface area contributed by atoms with Gasteiger partial charge in [0, 0.05) is 29.7 Å². The van der Waals surface area contributed by atoms with Crippen LogP contribution < -0.4 is 14.8 Å². The van der Waals surface area contributed by atoms with Crippen molar-refractivity contribution in [2.75, 3.05) is 20.8 Å². The SMILES string of the molecule is COc1cc(C=CC(=O)NCCc2c[nH]c3ccc(O)cc23)cc(OC)c1O. The van der Waals surface area contributed by atoms with Crippen LogP contribution in [0.15, 0.2) is 42.6 Å². The van der Waals surface area contributed by atoms with Crippen molar-refractivity contribution in [3.05, 3.63) is 53.7 Å². The van der Waals surface area contributed by atoms with Gasteiger partial charge < -0.3 is 30.0 Å². The minimum atomic E-state index is -0.242. The first-order valence-electron chi connectivity index (χ1n) is 8.71. The van der Waals surface area contributed by atoms with Crippen LogP contribution in [0.25, 0.3) is 17.0 Å². The van der Waals surface area contributed by atoms with Crippen molar-refractivity contribution < 1.29 is 24.5 Å². The van der Waals surface area contributed by atoms with E-state index in [9.17, 15) is 15.0 Å².